The zero-order valence-corrected chi connectivity index (χ0v) is 18.5. The first-order valence-electron chi connectivity index (χ1n) is 10.9. The molecule has 4 aromatic rings. The standard InChI is InChI=1S/C26H22FN3O3/c1-26(2)6-7-30-12-18(16-8-13(27)9-19(26)23(16)30)22-21(24(31)29-25(22)32)17-11-28-20-10-14(33-3)4-5-15(17)20/h4-5,8-12,28H,6-7H2,1-3H3,(H,29,31,32). The van der Waals surface area contributed by atoms with Crippen molar-refractivity contribution in [3.8, 4) is 5.75 Å². The van der Waals surface area contributed by atoms with Crippen LogP contribution in [0.15, 0.2) is 42.7 Å². The number of carbonyl (C=O) groups excluding carboxylic acids is 2. The molecule has 2 amide bonds. The minimum atomic E-state index is -0.471. The van der Waals surface area contributed by atoms with E-state index in [9.17, 15) is 14.0 Å². The molecule has 6 nitrogen and oxygen atoms in total. The van der Waals surface area contributed by atoms with Gasteiger partial charge in [-0.25, -0.2) is 4.39 Å². The van der Waals surface area contributed by atoms with Crippen molar-refractivity contribution in [1.82, 2.24) is 14.9 Å². The van der Waals surface area contributed by atoms with Gasteiger partial charge in [-0.05, 0) is 41.7 Å². The smallest absolute Gasteiger partial charge is 0.259 e. The lowest BCUT2D eigenvalue weighted by atomic mass is 9.78. The fraction of sp³-hybridized carbons (Fsp3) is 0.231. The molecule has 4 heterocycles. The van der Waals surface area contributed by atoms with Gasteiger partial charge in [0, 0.05) is 52.4 Å². The van der Waals surface area contributed by atoms with Crippen molar-refractivity contribution >= 4 is 44.8 Å². The topological polar surface area (TPSA) is 76.1 Å². The predicted molar refractivity (Wildman–Crippen MR) is 124 cm³/mol. The number of imide groups is 1. The van der Waals surface area contributed by atoms with Crippen molar-refractivity contribution in [2.75, 3.05) is 7.11 Å². The van der Waals surface area contributed by atoms with E-state index in [4.69, 9.17) is 4.74 Å². The first kappa shape index (κ1) is 19.8. The predicted octanol–water partition coefficient (Wildman–Crippen LogP) is 4.52. The molecule has 0 unspecified atom stereocenters. The van der Waals surface area contributed by atoms with E-state index in [0.29, 0.717) is 27.8 Å². The number of hydrogen-bond donors (Lipinski definition) is 2. The minimum Gasteiger partial charge on any atom is -0.497 e. The third-order valence-corrected chi connectivity index (χ3v) is 7.00. The summed E-state index contributed by atoms with van der Waals surface area (Å²) < 4.78 is 22.1. The number of halogens is 1. The SMILES string of the molecule is COc1ccc2c(C3=C(c4cn5c6c(cc(F)cc46)C(C)(C)CC5)C(=O)NC3=O)c[nH]c2c1. The number of aromatic nitrogens is 2. The van der Waals surface area contributed by atoms with Crippen molar-refractivity contribution in [3.05, 3.63) is 65.2 Å². The summed E-state index contributed by atoms with van der Waals surface area (Å²) in [7, 11) is 1.59. The number of amides is 2. The number of nitrogens with zero attached hydrogens (tertiary/aromatic N) is 1. The quantitative estimate of drug-likeness (QED) is 0.457. The normalized spacial score (nSPS) is 17.3. The molecule has 2 aliphatic rings. The summed E-state index contributed by atoms with van der Waals surface area (Å²) >= 11 is 0. The molecule has 6 rings (SSSR count). The van der Waals surface area contributed by atoms with E-state index in [1.807, 2.05) is 24.4 Å². The molecule has 0 saturated carbocycles. The second-order valence-electron chi connectivity index (χ2n) is 9.37. The van der Waals surface area contributed by atoms with Gasteiger partial charge in [-0.15, -0.1) is 0 Å². The molecule has 0 atom stereocenters. The van der Waals surface area contributed by atoms with Crippen LogP contribution < -0.4 is 10.1 Å². The second kappa shape index (κ2) is 6.57. The molecule has 7 heteroatoms. The number of rotatable bonds is 3. The van der Waals surface area contributed by atoms with Gasteiger partial charge in [-0.2, -0.15) is 0 Å². The Labute approximate surface area is 189 Å². The highest BCUT2D eigenvalue weighted by Gasteiger charge is 2.37. The Bertz CT molecular complexity index is 1550. The molecule has 2 N–H and O–H groups in total. The van der Waals surface area contributed by atoms with Gasteiger partial charge in [-0.3, -0.25) is 14.9 Å². The summed E-state index contributed by atoms with van der Waals surface area (Å²) in [5.41, 5.74) is 4.21. The van der Waals surface area contributed by atoms with E-state index >= 15 is 0 Å². The highest BCUT2D eigenvalue weighted by atomic mass is 19.1. The Morgan fingerprint density at radius 2 is 1.79 bits per heavy atom. The molecule has 0 saturated heterocycles. The number of H-pyrrole nitrogens is 1. The number of fused-ring (bicyclic) bond motifs is 1. The third-order valence-electron chi connectivity index (χ3n) is 7.00. The van der Waals surface area contributed by atoms with Gasteiger partial charge in [-0.1, -0.05) is 13.8 Å². The van der Waals surface area contributed by atoms with Crippen LogP contribution in [0.4, 0.5) is 4.39 Å². The molecule has 0 fully saturated rings. The first-order valence-corrected chi connectivity index (χ1v) is 10.9. The molecule has 0 bridgehead atoms. The van der Waals surface area contributed by atoms with E-state index in [1.165, 1.54) is 6.07 Å². The van der Waals surface area contributed by atoms with Crippen LogP contribution in [0.25, 0.3) is 33.0 Å². The fourth-order valence-electron chi connectivity index (χ4n) is 5.24. The molecule has 0 aliphatic carbocycles. The number of hydrogen-bond acceptors (Lipinski definition) is 3. The van der Waals surface area contributed by atoms with E-state index in [-0.39, 0.29) is 16.8 Å². The van der Waals surface area contributed by atoms with Crippen LogP contribution in [0.1, 0.15) is 37.0 Å². The van der Waals surface area contributed by atoms with Gasteiger partial charge in [0.2, 0.25) is 0 Å². The average Bonchev–Trinajstić information content (AvgIpc) is 3.43. The van der Waals surface area contributed by atoms with Crippen LogP contribution in [0.2, 0.25) is 0 Å². The van der Waals surface area contributed by atoms with Crippen LogP contribution in [-0.2, 0) is 21.5 Å². The lowest BCUT2D eigenvalue weighted by molar-refractivity contribution is -0.122. The van der Waals surface area contributed by atoms with Crippen molar-refractivity contribution in [2.45, 2.75) is 32.2 Å². The Kier molecular flexibility index (Phi) is 3.94. The van der Waals surface area contributed by atoms with Crippen LogP contribution in [-0.4, -0.2) is 28.5 Å². The van der Waals surface area contributed by atoms with Crippen LogP contribution >= 0.6 is 0 Å². The second-order valence-corrected chi connectivity index (χ2v) is 9.37. The zero-order valence-electron chi connectivity index (χ0n) is 18.5. The highest BCUT2D eigenvalue weighted by Crippen LogP contribution is 2.44. The van der Waals surface area contributed by atoms with E-state index in [1.54, 1.807) is 19.4 Å². The molecule has 166 valence electrons. The molecule has 33 heavy (non-hydrogen) atoms. The monoisotopic (exact) mass is 443 g/mol. The summed E-state index contributed by atoms with van der Waals surface area (Å²) in [6.45, 7) is 4.97. The molecule has 0 radical (unpaired) electrons. The Balaban J connectivity index is 1.66. The number of carbonyl (C=O) groups is 2. The Morgan fingerprint density at radius 1 is 1.03 bits per heavy atom. The number of aryl methyl sites for hydroxylation is 1. The summed E-state index contributed by atoms with van der Waals surface area (Å²) in [5, 5.41) is 3.90. The average molecular weight is 443 g/mol. The lowest BCUT2D eigenvalue weighted by Crippen LogP contribution is -2.25. The fourth-order valence-corrected chi connectivity index (χ4v) is 5.24. The van der Waals surface area contributed by atoms with E-state index < -0.39 is 11.8 Å². The summed E-state index contributed by atoms with van der Waals surface area (Å²) in [6, 6.07) is 8.56. The molecular formula is C26H22FN3O3. The van der Waals surface area contributed by atoms with Gasteiger partial charge >= 0.3 is 0 Å². The van der Waals surface area contributed by atoms with Crippen molar-refractivity contribution in [2.24, 2.45) is 0 Å². The van der Waals surface area contributed by atoms with E-state index in [2.05, 4.69) is 28.7 Å². The van der Waals surface area contributed by atoms with Gasteiger partial charge in [0.1, 0.15) is 11.6 Å². The van der Waals surface area contributed by atoms with Crippen LogP contribution in [0.3, 0.4) is 0 Å². The largest absolute Gasteiger partial charge is 0.497 e. The molecule has 0 spiro atoms. The summed E-state index contributed by atoms with van der Waals surface area (Å²) in [5.74, 6) is -0.595. The maximum atomic E-state index is 14.7. The van der Waals surface area contributed by atoms with Gasteiger partial charge in [0.25, 0.3) is 11.8 Å². The van der Waals surface area contributed by atoms with Gasteiger partial charge < -0.3 is 14.3 Å². The zero-order chi connectivity index (χ0) is 23.1. The number of ether oxygens (including phenoxy) is 1. The number of nitrogens with one attached hydrogen (secondary N) is 2. The molecule has 2 aliphatic heterocycles. The van der Waals surface area contributed by atoms with Crippen LogP contribution in [0, 0.1) is 5.82 Å². The van der Waals surface area contributed by atoms with Gasteiger partial charge in [0.15, 0.2) is 0 Å². The van der Waals surface area contributed by atoms with Crippen molar-refractivity contribution < 1.29 is 18.7 Å². The number of methoxy groups -OCH3 is 1. The maximum absolute atomic E-state index is 14.7. The molecular weight excluding hydrogens is 421 g/mol. The Morgan fingerprint density at radius 3 is 2.55 bits per heavy atom. The van der Waals surface area contributed by atoms with Gasteiger partial charge in [0.05, 0.1) is 23.8 Å². The summed E-state index contributed by atoms with van der Waals surface area (Å²) in [6.07, 6.45) is 4.46. The maximum Gasteiger partial charge on any atom is 0.259 e. The third kappa shape index (κ3) is 2.71. The van der Waals surface area contributed by atoms with Crippen molar-refractivity contribution in [3.63, 3.8) is 0 Å². The highest BCUT2D eigenvalue weighted by molar-refractivity contribution is 6.50. The Hall–Kier alpha value is -3.87. The molecule has 2 aromatic carbocycles. The van der Waals surface area contributed by atoms with Crippen molar-refractivity contribution in [1.29, 1.82) is 0 Å². The number of aromatic amines is 1. The molecule has 2 aromatic heterocycles. The minimum absolute atomic E-state index is 0.188. The first-order chi connectivity index (χ1) is 15.8. The number of benzene rings is 2. The lowest BCUT2D eigenvalue weighted by Gasteiger charge is -2.31. The summed E-state index contributed by atoms with van der Waals surface area (Å²) in [4.78, 5) is 29.2. The van der Waals surface area contributed by atoms with E-state index in [0.717, 1.165) is 34.9 Å². The van der Waals surface area contributed by atoms with Crippen LogP contribution in [0.5, 0.6) is 5.75 Å².